The molecule has 0 aliphatic carbocycles. The van der Waals surface area contributed by atoms with Gasteiger partial charge in [-0.15, -0.1) is 0 Å². The van der Waals surface area contributed by atoms with Crippen molar-refractivity contribution < 1.29 is 19.1 Å². The molecule has 106 valence electrons. The lowest BCUT2D eigenvalue weighted by molar-refractivity contribution is -0.137. The third-order valence-corrected chi connectivity index (χ3v) is 2.48. The van der Waals surface area contributed by atoms with Gasteiger partial charge in [0.2, 0.25) is 0 Å². The van der Waals surface area contributed by atoms with E-state index in [0.717, 1.165) is 12.1 Å². The van der Waals surface area contributed by atoms with Crippen molar-refractivity contribution in [1.82, 2.24) is 5.32 Å². The van der Waals surface area contributed by atoms with Crippen LogP contribution in [0.4, 0.5) is 14.9 Å². The Bertz CT molecular complexity index is 554. The van der Waals surface area contributed by atoms with Gasteiger partial charge in [0.1, 0.15) is 11.9 Å². The first kappa shape index (κ1) is 15.4. The van der Waals surface area contributed by atoms with Crippen molar-refractivity contribution >= 4 is 17.7 Å². The number of carboxylic acid groups (broad SMARTS) is 1. The summed E-state index contributed by atoms with van der Waals surface area (Å²) in [6.45, 7) is 1.87. The van der Waals surface area contributed by atoms with Crippen LogP contribution in [0.2, 0.25) is 0 Å². The van der Waals surface area contributed by atoms with Crippen molar-refractivity contribution in [2.45, 2.75) is 13.3 Å². The maximum Gasteiger partial charge on any atom is 0.319 e. The minimum absolute atomic E-state index is 0.0127. The topological polar surface area (TPSA) is 102 Å². The second kappa shape index (κ2) is 7.09. The van der Waals surface area contributed by atoms with Crippen LogP contribution < -0.4 is 10.6 Å². The van der Waals surface area contributed by atoms with Crippen LogP contribution in [0.15, 0.2) is 18.2 Å². The number of rotatable bonds is 5. The van der Waals surface area contributed by atoms with Gasteiger partial charge in [-0.05, 0) is 24.1 Å². The van der Waals surface area contributed by atoms with E-state index in [2.05, 4.69) is 10.6 Å². The minimum atomic E-state index is -0.940. The van der Waals surface area contributed by atoms with Gasteiger partial charge in [-0.25, -0.2) is 9.18 Å². The molecule has 0 bridgehead atoms. The van der Waals surface area contributed by atoms with Gasteiger partial charge in [0.25, 0.3) is 0 Å². The molecule has 0 fully saturated rings. The average molecular weight is 279 g/mol. The second-order valence-electron chi connectivity index (χ2n) is 4.34. The maximum atomic E-state index is 12.9. The van der Waals surface area contributed by atoms with Crippen LogP contribution in [0.1, 0.15) is 18.9 Å². The highest BCUT2D eigenvalue weighted by molar-refractivity contribution is 5.90. The lowest BCUT2D eigenvalue weighted by Crippen LogP contribution is -2.33. The maximum absolute atomic E-state index is 12.9. The zero-order valence-electron chi connectivity index (χ0n) is 10.8. The monoisotopic (exact) mass is 279 g/mol. The summed E-state index contributed by atoms with van der Waals surface area (Å²) in [5, 5.41) is 22.3. The number of nitriles is 1. The second-order valence-corrected chi connectivity index (χ2v) is 4.34. The summed E-state index contributed by atoms with van der Waals surface area (Å²) in [7, 11) is 0. The van der Waals surface area contributed by atoms with Crippen LogP contribution >= 0.6 is 0 Å². The number of anilines is 1. The molecule has 0 heterocycles. The molecule has 0 aliphatic rings. The standard InChI is InChI=1S/C13H14FN3O3/c1-8(4-12(18)19)7-16-13(20)17-11-3-2-10(14)5-9(11)6-15/h2-3,5,8H,4,7H2,1H3,(H,18,19)(H2,16,17,20). The van der Waals surface area contributed by atoms with Gasteiger partial charge < -0.3 is 15.7 Å². The van der Waals surface area contributed by atoms with Crippen LogP contribution in [0.25, 0.3) is 0 Å². The molecule has 1 aromatic rings. The van der Waals surface area contributed by atoms with Crippen LogP contribution in [-0.4, -0.2) is 23.7 Å². The predicted octanol–water partition coefficient (Wildman–Crippen LogP) is 1.93. The largest absolute Gasteiger partial charge is 0.481 e. The van der Waals surface area contributed by atoms with Crippen molar-refractivity contribution in [2.24, 2.45) is 5.92 Å². The fourth-order valence-electron chi connectivity index (χ4n) is 1.52. The number of hydrogen-bond donors (Lipinski definition) is 3. The summed E-state index contributed by atoms with van der Waals surface area (Å²) >= 11 is 0. The molecular weight excluding hydrogens is 265 g/mol. The van der Waals surface area contributed by atoms with E-state index in [1.54, 1.807) is 13.0 Å². The van der Waals surface area contributed by atoms with Gasteiger partial charge in [0, 0.05) is 13.0 Å². The fourth-order valence-corrected chi connectivity index (χ4v) is 1.52. The van der Waals surface area contributed by atoms with Crippen LogP contribution in [0.5, 0.6) is 0 Å². The van der Waals surface area contributed by atoms with Gasteiger partial charge >= 0.3 is 12.0 Å². The molecule has 2 amide bonds. The molecule has 1 aromatic carbocycles. The molecule has 1 unspecified atom stereocenters. The molecule has 0 aromatic heterocycles. The van der Waals surface area contributed by atoms with Crippen molar-refractivity contribution in [1.29, 1.82) is 5.26 Å². The van der Waals surface area contributed by atoms with E-state index in [0.29, 0.717) is 0 Å². The number of hydrogen-bond acceptors (Lipinski definition) is 3. The van der Waals surface area contributed by atoms with E-state index in [4.69, 9.17) is 10.4 Å². The molecule has 1 atom stereocenters. The molecule has 0 saturated heterocycles. The average Bonchev–Trinajstić information content (AvgIpc) is 2.37. The summed E-state index contributed by atoms with van der Waals surface area (Å²) < 4.78 is 12.9. The predicted molar refractivity (Wildman–Crippen MR) is 69.6 cm³/mol. The van der Waals surface area contributed by atoms with Gasteiger partial charge in [-0.2, -0.15) is 5.26 Å². The number of carbonyl (C=O) groups excluding carboxylic acids is 1. The molecule has 6 nitrogen and oxygen atoms in total. The molecule has 20 heavy (non-hydrogen) atoms. The molecular formula is C13H14FN3O3. The van der Waals surface area contributed by atoms with E-state index in [1.165, 1.54) is 6.07 Å². The lowest BCUT2D eigenvalue weighted by Gasteiger charge is -2.12. The Balaban J connectivity index is 2.55. The Labute approximate surface area is 115 Å². The Morgan fingerprint density at radius 1 is 1.50 bits per heavy atom. The highest BCUT2D eigenvalue weighted by Crippen LogP contribution is 2.15. The Kier molecular flexibility index (Phi) is 5.47. The van der Waals surface area contributed by atoms with E-state index in [1.807, 2.05) is 0 Å². The molecule has 1 rings (SSSR count). The molecule has 0 saturated carbocycles. The van der Waals surface area contributed by atoms with E-state index in [-0.39, 0.29) is 30.1 Å². The van der Waals surface area contributed by atoms with Crippen molar-refractivity contribution in [3.63, 3.8) is 0 Å². The lowest BCUT2D eigenvalue weighted by atomic mass is 10.1. The fraction of sp³-hybridized carbons (Fsp3) is 0.308. The minimum Gasteiger partial charge on any atom is -0.481 e. The van der Waals surface area contributed by atoms with Crippen LogP contribution in [0.3, 0.4) is 0 Å². The van der Waals surface area contributed by atoms with E-state index in [9.17, 15) is 14.0 Å². The summed E-state index contributed by atoms with van der Waals surface area (Å²) in [6.07, 6.45) is -0.0553. The van der Waals surface area contributed by atoms with E-state index >= 15 is 0 Å². The number of carbonyl (C=O) groups is 2. The number of nitrogens with one attached hydrogen (secondary N) is 2. The number of amides is 2. The number of benzene rings is 1. The zero-order chi connectivity index (χ0) is 15.1. The normalized spacial score (nSPS) is 11.2. The number of aliphatic carboxylic acids is 1. The number of halogens is 1. The first-order chi connectivity index (χ1) is 9.42. The smallest absolute Gasteiger partial charge is 0.319 e. The van der Waals surface area contributed by atoms with Crippen molar-refractivity contribution in [3.8, 4) is 6.07 Å². The molecule has 3 N–H and O–H groups in total. The van der Waals surface area contributed by atoms with Crippen LogP contribution in [-0.2, 0) is 4.79 Å². The highest BCUT2D eigenvalue weighted by Gasteiger charge is 2.11. The quantitative estimate of drug-likeness (QED) is 0.766. The van der Waals surface area contributed by atoms with Gasteiger partial charge in [-0.3, -0.25) is 4.79 Å². The number of urea groups is 1. The van der Waals surface area contributed by atoms with Gasteiger partial charge in [0.15, 0.2) is 0 Å². The number of carboxylic acids is 1. The summed E-state index contributed by atoms with van der Waals surface area (Å²) in [4.78, 5) is 22.0. The number of nitrogens with zero attached hydrogens (tertiary/aromatic N) is 1. The Hall–Kier alpha value is -2.62. The zero-order valence-corrected chi connectivity index (χ0v) is 10.8. The van der Waals surface area contributed by atoms with Crippen LogP contribution in [0, 0.1) is 23.1 Å². The Morgan fingerprint density at radius 2 is 2.20 bits per heavy atom. The molecule has 0 radical (unpaired) electrons. The summed E-state index contributed by atoms with van der Waals surface area (Å²) in [5.74, 6) is -1.73. The van der Waals surface area contributed by atoms with E-state index < -0.39 is 17.8 Å². The third-order valence-electron chi connectivity index (χ3n) is 2.48. The Morgan fingerprint density at radius 3 is 2.80 bits per heavy atom. The first-order valence-electron chi connectivity index (χ1n) is 5.88. The third kappa shape index (κ3) is 4.94. The van der Waals surface area contributed by atoms with Crippen molar-refractivity contribution in [2.75, 3.05) is 11.9 Å². The van der Waals surface area contributed by atoms with Gasteiger partial charge in [0.05, 0.1) is 11.3 Å². The molecule has 7 heteroatoms. The highest BCUT2D eigenvalue weighted by atomic mass is 19.1. The van der Waals surface area contributed by atoms with Gasteiger partial charge in [-0.1, -0.05) is 6.92 Å². The summed E-state index contributed by atoms with van der Waals surface area (Å²) in [5.41, 5.74) is 0.205. The summed E-state index contributed by atoms with van der Waals surface area (Å²) in [6, 6.07) is 4.63. The SMILES string of the molecule is CC(CNC(=O)Nc1ccc(F)cc1C#N)CC(=O)O. The first-order valence-corrected chi connectivity index (χ1v) is 5.88. The molecule has 0 spiro atoms. The molecule has 0 aliphatic heterocycles. The van der Waals surface area contributed by atoms with Crippen molar-refractivity contribution in [3.05, 3.63) is 29.6 Å².